The van der Waals surface area contributed by atoms with Gasteiger partial charge in [0, 0.05) is 18.5 Å². The second kappa shape index (κ2) is 5.12. The van der Waals surface area contributed by atoms with Crippen LogP contribution in [0.1, 0.15) is 18.4 Å². The molecule has 104 valence electrons. The van der Waals surface area contributed by atoms with E-state index in [0.29, 0.717) is 12.8 Å². The van der Waals surface area contributed by atoms with Gasteiger partial charge >= 0.3 is 5.97 Å². The summed E-state index contributed by atoms with van der Waals surface area (Å²) in [7, 11) is 0. The van der Waals surface area contributed by atoms with Crippen LogP contribution in [-0.2, 0) is 4.79 Å². The topological polar surface area (TPSA) is 53.4 Å². The minimum atomic E-state index is -0.674. The Balaban J connectivity index is 1.85. The first-order valence-electron chi connectivity index (χ1n) is 6.99. The van der Waals surface area contributed by atoms with Crippen LogP contribution in [0.2, 0.25) is 0 Å². The van der Waals surface area contributed by atoms with Crippen molar-refractivity contribution in [2.75, 3.05) is 18.0 Å². The molecule has 0 unspecified atom stereocenters. The Morgan fingerprint density at radius 2 is 2.00 bits per heavy atom. The van der Waals surface area contributed by atoms with E-state index in [1.165, 1.54) is 5.56 Å². The highest BCUT2D eigenvalue weighted by molar-refractivity contribution is 5.83. The number of rotatable bonds is 2. The lowest BCUT2D eigenvalue weighted by Gasteiger charge is -2.31. The monoisotopic (exact) mass is 270 g/mol. The molecule has 4 heteroatoms. The molecule has 0 amide bonds. The Hall–Kier alpha value is -2.10. The number of anilines is 1. The third kappa shape index (κ3) is 2.33. The summed E-state index contributed by atoms with van der Waals surface area (Å²) in [6, 6.07) is 10.3. The first-order chi connectivity index (χ1) is 9.65. The minimum Gasteiger partial charge on any atom is -0.481 e. The molecule has 0 radical (unpaired) electrons. The van der Waals surface area contributed by atoms with Crippen molar-refractivity contribution >= 4 is 22.7 Å². The molecular formula is C16H18N2O2. The molecule has 0 saturated carbocycles. The SMILES string of the molecule is Cc1cccc2ccc(N3CCC(C(=O)O)CC3)nc12. The van der Waals surface area contributed by atoms with E-state index < -0.39 is 5.97 Å². The van der Waals surface area contributed by atoms with Crippen molar-refractivity contribution in [2.24, 2.45) is 5.92 Å². The molecule has 0 aliphatic carbocycles. The lowest BCUT2D eigenvalue weighted by molar-refractivity contribution is -0.142. The molecular weight excluding hydrogens is 252 g/mol. The van der Waals surface area contributed by atoms with Gasteiger partial charge in [0.25, 0.3) is 0 Å². The van der Waals surface area contributed by atoms with Crippen LogP contribution >= 0.6 is 0 Å². The summed E-state index contributed by atoms with van der Waals surface area (Å²) in [6.07, 6.45) is 1.39. The molecule has 1 aromatic carbocycles. The molecule has 2 heterocycles. The van der Waals surface area contributed by atoms with Crippen molar-refractivity contribution in [1.29, 1.82) is 0 Å². The third-order valence-electron chi connectivity index (χ3n) is 4.08. The number of hydrogen-bond donors (Lipinski definition) is 1. The maximum absolute atomic E-state index is 11.0. The zero-order valence-electron chi connectivity index (χ0n) is 11.5. The summed E-state index contributed by atoms with van der Waals surface area (Å²) in [4.78, 5) is 17.9. The number of aromatic nitrogens is 1. The Bertz CT molecular complexity index is 646. The summed E-state index contributed by atoms with van der Waals surface area (Å²) >= 11 is 0. The van der Waals surface area contributed by atoms with Crippen molar-refractivity contribution < 1.29 is 9.90 Å². The molecule has 0 atom stereocenters. The largest absolute Gasteiger partial charge is 0.481 e. The number of hydrogen-bond acceptors (Lipinski definition) is 3. The number of aryl methyl sites for hydroxylation is 1. The number of benzene rings is 1. The van der Waals surface area contributed by atoms with E-state index in [1.54, 1.807) is 0 Å². The molecule has 2 aromatic rings. The molecule has 1 aliphatic heterocycles. The number of pyridine rings is 1. The molecule has 1 aliphatic rings. The van der Waals surface area contributed by atoms with E-state index in [1.807, 2.05) is 12.1 Å². The summed E-state index contributed by atoms with van der Waals surface area (Å²) in [6.45, 7) is 3.60. The number of carboxylic acid groups (broad SMARTS) is 1. The van der Waals surface area contributed by atoms with Crippen LogP contribution in [0.5, 0.6) is 0 Å². The molecule has 1 N–H and O–H groups in total. The van der Waals surface area contributed by atoms with E-state index in [-0.39, 0.29) is 5.92 Å². The highest BCUT2D eigenvalue weighted by atomic mass is 16.4. The van der Waals surface area contributed by atoms with E-state index in [0.717, 1.165) is 29.8 Å². The predicted octanol–water partition coefficient (Wildman–Crippen LogP) is 2.84. The fourth-order valence-electron chi connectivity index (χ4n) is 2.82. The summed E-state index contributed by atoms with van der Waals surface area (Å²) < 4.78 is 0. The molecule has 1 saturated heterocycles. The van der Waals surface area contributed by atoms with Crippen LogP contribution in [0, 0.1) is 12.8 Å². The number of fused-ring (bicyclic) bond motifs is 1. The standard InChI is InChI=1S/C16H18N2O2/c1-11-3-2-4-12-5-6-14(17-15(11)12)18-9-7-13(8-10-18)16(19)20/h2-6,13H,7-10H2,1H3,(H,19,20). The number of nitrogens with zero attached hydrogens (tertiary/aromatic N) is 2. The number of piperidine rings is 1. The predicted molar refractivity (Wildman–Crippen MR) is 79.1 cm³/mol. The molecule has 0 bridgehead atoms. The maximum Gasteiger partial charge on any atom is 0.306 e. The van der Waals surface area contributed by atoms with Gasteiger partial charge in [-0.15, -0.1) is 0 Å². The molecule has 3 rings (SSSR count). The molecule has 4 nitrogen and oxygen atoms in total. The lowest BCUT2D eigenvalue weighted by atomic mass is 9.97. The molecule has 1 aromatic heterocycles. The van der Waals surface area contributed by atoms with Crippen LogP contribution < -0.4 is 4.90 Å². The number of carbonyl (C=O) groups is 1. The Labute approximate surface area is 118 Å². The van der Waals surface area contributed by atoms with Gasteiger partial charge in [-0.05, 0) is 37.5 Å². The number of aliphatic carboxylic acids is 1. The zero-order chi connectivity index (χ0) is 14.1. The first-order valence-corrected chi connectivity index (χ1v) is 6.99. The Morgan fingerprint density at radius 3 is 2.70 bits per heavy atom. The van der Waals surface area contributed by atoms with Crippen molar-refractivity contribution in [3.8, 4) is 0 Å². The van der Waals surface area contributed by atoms with Gasteiger partial charge in [0.2, 0.25) is 0 Å². The van der Waals surface area contributed by atoms with E-state index in [9.17, 15) is 4.79 Å². The van der Waals surface area contributed by atoms with Crippen LogP contribution in [0.4, 0.5) is 5.82 Å². The van der Waals surface area contributed by atoms with Crippen molar-refractivity contribution in [2.45, 2.75) is 19.8 Å². The third-order valence-corrected chi connectivity index (χ3v) is 4.08. The van der Waals surface area contributed by atoms with Gasteiger partial charge in [-0.3, -0.25) is 4.79 Å². The van der Waals surface area contributed by atoms with Crippen molar-refractivity contribution in [1.82, 2.24) is 4.98 Å². The van der Waals surface area contributed by atoms with Crippen molar-refractivity contribution in [3.63, 3.8) is 0 Å². The van der Waals surface area contributed by atoms with Gasteiger partial charge in [0.1, 0.15) is 5.82 Å². The quantitative estimate of drug-likeness (QED) is 0.911. The normalized spacial score (nSPS) is 16.6. The maximum atomic E-state index is 11.0. The molecule has 1 fully saturated rings. The van der Waals surface area contributed by atoms with E-state index in [2.05, 4.69) is 30.0 Å². The van der Waals surface area contributed by atoms with Crippen LogP contribution in [0.3, 0.4) is 0 Å². The summed E-state index contributed by atoms with van der Waals surface area (Å²) in [5.74, 6) is 0.0797. The number of carboxylic acids is 1. The van der Waals surface area contributed by atoms with Crippen LogP contribution in [0.25, 0.3) is 10.9 Å². The van der Waals surface area contributed by atoms with E-state index >= 15 is 0 Å². The zero-order valence-corrected chi connectivity index (χ0v) is 11.5. The fraction of sp³-hybridized carbons (Fsp3) is 0.375. The Morgan fingerprint density at radius 1 is 1.25 bits per heavy atom. The average Bonchev–Trinajstić information content (AvgIpc) is 2.47. The summed E-state index contributed by atoms with van der Waals surface area (Å²) in [5, 5.41) is 10.2. The highest BCUT2D eigenvalue weighted by Crippen LogP contribution is 2.25. The summed E-state index contributed by atoms with van der Waals surface area (Å²) in [5.41, 5.74) is 2.20. The minimum absolute atomic E-state index is 0.201. The second-order valence-electron chi connectivity index (χ2n) is 5.42. The van der Waals surface area contributed by atoms with Gasteiger partial charge in [0.15, 0.2) is 0 Å². The highest BCUT2D eigenvalue weighted by Gasteiger charge is 2.25. The van der Waals surface area contributed by atoms with Gasteiger partial charge < -0.3 is 10.0 Å². The Kier molecular flexibility index (Phi) is 3.30. The smallest absolute Gasteiger partial charge is 0.306 e. The second-order valence-corrected chi connectivity index (χ2v) is 5.42. The number of para-hydroxylation sites is 1. The lowest BCUT2D eigenvalue weighted by Crippen LogP contribution is -2.36. The fourth-order valence-corrected chi connectivity index (χ4v) is 2.82. The van der Waals surface area contributed by atoms with Gasteiger partial charge in [0.05, 0.1) is 11.4 Å². The van der Waals surface area contributed by atoms with Gasteiger partial charge in [-0.25, -0.2) is 4.98 Å². The molecule has 0 spiro atoms. The van der Waals surface area contributed by atoms with E-state index in [4.69, 9.17) is 10.1 Å². The van der Waals surface area contributed by atoms with Crippen LogP contribution in [0.15, 0.2) is 30.3 Å². The van der Waals surface area contributed by atoms with Crippen LogP contribution in [-0.4, -0.2) is 29.1 Å². The molecule has 20 heavy (non-hydrogen) atoms. The van der Waals surface area contributed by atoms with Gasteiger partial charge in [-0.2, -0.15) is 0 Å². The van der Waals surface area contributed by atoms with Gasteiger partial charge in [-0.1, -0.05) is 18.2 Å². The van der Waals surface area contributed by atoms with Crippen molar-refractivity contribution in [3.05, 3.63) is 35.9 Å². The first kappa shape index (κ1) is 12.9. The average molecular weight is 270 g/mol.